The van der Waals surface area contributed by atoms with Crippen LogP contribution in [0.5, 0.6) is 5.75 Å². The number of aliphatic hydroxyl groups is 1. The van der Waals surface area contributed by atoms with E-state index in [1.54, 1.807) is 42.0 Å². The summed E-state index contributed by atoms with van der Waals surface area (Å²) < 4.78 is 12.7. The molecule has 0 fully saturated rings. The largest absolute Gasteiger partial charge is 0.490 e. The van der Waals surface area contributed by atoms with Crippen LogP contribution in [0.4, 0.5) is 16.2 Å². The van der Waals surface area contributed by atoms with Gasteiger partial charge in [0.15, 0.2) is 0 Å². The van der Waals surface area contributed by atoms with Crippen molar-refractivity contribution in [2.24, 2.45) is 5.92 Å². The van der Waals surface area contributed by atoms with Gasteiger partial charge in [-0.1, -0.05) is 43.3 Å². The summed E-state index contributed by atoms with van der Waals surface area (Å²) in [5.41, 5.74) is 1.55. The third-order valence-corrected chi connectivity index (χ3v) is 9.18. The van der Waals surface area contributed by atoms with Crippen molar-refractivity contribution in [3.05, 3.63) is 66.2 Å². The van der Waals surface area contributed by atoms with E-state index < -0.39 is 6.04 Å². The van der Waals surface area contributed by atoms with Gasteiger partial charge in [-0.15, -0.1) is 0 Å². The Morgan fingerprint density at radius 1 is 1.02 bits per heavy atom. The fourth-order valence-corrected chi connectivity index (χ4v) is 6.14. The number of nitrogens with zero attached hydrogens (tertiary/aromatic N) is 3. The van der Waals surface area contributed by atoms with Gasteiger partial charge in [-0.3, -0.25) is 9.59 Å². The molecule has 1 heterocycles. The van der Waals surface area contributed by atoms with Crippen molar-refractivity contribution in [1.29, 1.82) is 0 Å². The van der Waals surface area contributed by atoms with Crippen molar-refractivity contribution in [2.45, 2.75) is 71.1 Å². The summed E-state index contributed by atoms with van der Waals surface area (Å²) in [5, 5.41) is 18.3. The molecule has 4 amide bonds. The molecule has 1 aliphatic rings. The van der Waals surface area contributed by atoms with Crippen LogP contribution in [0.2, 0.25) is 0 Å². The van der Waals surface area contributed by atoms with E-state index in [2.05, 4.69) is 10.6 Å². The first kappa shape index (κ1) is 38.6. The molecule has 272 valence electrons. The minimum Gasteiger partial charge on any atom is -0.490 e. The molecule has 11 heteroatoms. The van der Waals surface area contributed by atoms with Crippen LogP contribution in [0.1, 0.15) is 63.2 Å². The average molecular weight is 690 g/mol. The van der Waals surface area contributed by atoms with Gasteiger partial charge in [0, 0.05) is 50.2 Å². The highest BCUT2D eigenvalue weighted by Crippen LogP contribution is 2.29. The van der Waals surface area contributed by atoms with Gasteiger partial charge in [0.2, 0.25) is 5.91 Å². The number of carbonyl (C=O) groups is 3. The summed E-state index contributed by atoms with van der Waals surface area (Å²) in [6.07, 6.45) is 2.94. The van der Waals surface area contributed by atoms with E-state index in [0.717, 1.165) is 42.3 Å². The number of likely N-dealkylation sites (N-methyl/N-ethyl adjacent to an activating group) is 1. The Morgan fingerprint density at radius 3 is 2.54 bits per heavy atom. The molecule has 3 N–H and O–H groups in total. The second kappa shape index (κ2) is 18.7. The number of ether oxygens (including phenoxy) is 2. The zero-order valence-electron chi connectivity index (χ0n) is 30.5. The molecule has 0 aromatic heterocycles. The molecule has 0 saturated carbocycles. The summed E-state index contributed by atoms with van der Waals surface area (Å²) in [7, 11) is 5.68. The number of amides is 4. The molecular formula is C39H55N5O6. The number of fused-ring (bicyclic) bond motifs is 2. The van der Waals surface area contributed by atoms with E-state index in [4.69, 9.17) is 9.47 Å². The van der Waals surface area contributed by atoms with Gasteiger partial charge in [-0.25, -0.2) is 4.79 Å². The Kier molecular flexibility index (Phi) is 14.4. The van der Waals surface area contributed by atoms with Crippen LogP contribution in [0.3, 0.4) is 0 Å². The minimum atomic E-state index is -0.513. The molecule has 0 spiro atoms. The van der Waals surface area contributed by atoms with Gasteiger partial charge in [-0.05, 0) is 89.8 Å². The Labute approximate surface area is 296 Å². The highest BCUT2D eigenvalue weighted by atomic mass is 16.5. The highest BCUT2D eigenvalue weighted by molar-refractivity contribution is 6.02. The van der Waals surface area contributed by atoms with Gasteiger partial charge in [0.05, 0.1) is 36.1 Å². The van der Waals surface area contributed by atoms with Crippen molar-refractivity contribution in [1.82, 2.24) is 14.7 Å². The zero-order valence-corrected chi connectivity index (χ0v) is 30.5. The third kappa shape index (κ3) is 10.9. The molecule has 4 atom stereocenters. The predicted molar refractivity (Wildman–Crippen MR) is 199 cm³/mol. The third-order valence-electron chi connectivity index (χ3n) is 9.18. The number of hydrogen-bond donors (Lipinski definition) is 3. The normalized spacial score (nSPS) is 19.6. The fourth-order valence-electron chi connectivity index (χ4n) is 6.14. The molecule has 11 nitrogen and oxygen atoms in total. The summed E-state index contributed by atoms with van der Waals surface area (Å²) >= 11 is 0. The topological polar surface area (TPSA) is 124 Å². The number of benzene rings is 3. The zero-order chi connectivity index (χ0) is 36.2. The Bertz CT molecular complexity index is 1580. The summed E-state index contributed by atoms with van der Waals surface area (Å²) in [6, 6.07) is 18.1. The molecule has 0 radical (unpaired) electrons. The van der Waals surface area contributed by atoms with Crippen molar-refractivity contribution in [3.8, 4) is 5.75 Å². The number of anilines is 2. The van der Waals surface area contributed by atoms with Crippen LogP contribution in [0.15, 0.2) is 60.7 Å². The molecular weight excluding hydrogens is 634 g/mol. The molecule has 0 saturated heterocycles. The first-order chi connectivity index (χ1) is 24.0. The Hall–Kier alpha value is -4.19. The van der Waals surface area contributed by atoms with E-state index in [9.17, 15) is 19.5 Å². The van der Waals surface area contributed by atoms with Crippen LogP contribution in [-0.4, -0.2) is 110 Å². The molecule has 4 rings (SSSR count). The van der Waals surface area contributed by atoms with E-state index in [-0.39, 0.29) is 49.1 Å². The molecule has 3 aromatic rings. The standard InChI is InChI=1S/C39H55N5O6/c1-27-24-44(28(2)26-45)38(47)33-23-31(40-37(46)18-12-21-42(4)5)19-20-35(33)50-29(3)13-9-10-22-49-36(27)25-43(6)39(48)41-34-17-11-15-30-14-7-8-16-32(30)34/h7-8,11,14-17,19-20,23,27-29,36,45H,9-10,12-13,18,21-22,24-26H2,1-6H3,(H,40,46)(H,41,48)/t27-,28-,29-,36+/m1/s1. The van der Waals surface area contributed by atoms with E-state index in [1.165, 1.54) is 0 Å². The molecule has 3 aromatic carbocycles. The second-order valence-corrected chi connectivity index (χ2v) is 13.8. The molecule has 1 aliphatic heterocycles. The van der Waals surface area contributed by atoms with Gasteiger partial charge >= 0.3 is 6.03 Å². The lowest BCUT2D eigenvalue weighted by atomic mass is 10.0. The summed E-state index contributed by atoms with van der Waals surface area (Å²) in [5.74, 6) is -0.212. The van der Waals surface area contributed by atoms with Crippen LogP contribution < -0.4 is 15.4 Å². The maximum absolute atomic E-state index is 14.4. The van der Waals surface area contributed by atoms with Gasteiger partial charge in [0.25, 0.3) is 5.91 Å². The first-order valence-electron chi connectivity index (χ1n) is 17.7. The number of rotatable bonds is 10. The molecule has 0 unspecified atom stereocenters. The van der Waals surface area contributed by atoms with Crippen molar-refractivity contribution >= 4 is 40.0 Å². The smallest absolute Gasteiger partial charge is 0.321 e. The highest BCUT2D eigenvalue weighted by Gasteiger charge is 2.31. The summed E-state index contributed by atoms with van der Waals surface area (Å²) in [4.78, 5) is 45.9. The number of urea groups is 1. The van der Waals surface area contributed by atoms with Crippen LogP contribution in [0.25, 0.3) is 10.8 Å². The monoisotopic (exact) mass is 689 g/mol. The second-order valence-electron chi connectivity index (χ2n) is 13.8. The fraction of sp³-hybridized carbons (Fsp3) is 0.513. The molecule has 50 heavy (non-hydrogen) atoms. The summed E-state index contributed by atoms with van der Waals surface area (Å²) in [6.45, 7) is 7.39. The van der Waals surface area contributed by atoms with Crippen molar-refractivity contribution < 1.29 is 29.0 Å². The maximum Gasteiger partial charge on any atom is 0.321 e. The van der Waals surface area contributed by atoms with Crippen molar-refractivity contribution in [3.63, 3.8) is 0 Å². The van der Waals surface area contributed by atoms with Crippen LogP contribution >= 0.6 is 0 Å². The number of aliphatic hydroxyl groups excluding tert-OH is 1. The van der Waals surface area contributed by atoms with Gasteiger partial charge in [-0.2, -0.15) is 0 Å². The lowest BCUT2D eigenvalue weighted by molar-refractivity contribution is -0.116. The predicted octanol–water partition coefficient (Wildman–Crippen LogP) is 6.08. The van der Waals surface area contributed by atoms with E-state index in [0.29, 0.717) is 43.0 Å². The average Bonchev–Trinajstić information content (AvgIpc) is 3.09. The Morgan fingerprint density at radius 2 is 1.78 bits per heavy atom. The number of carbonyl (C=O) groups excluding carboxylic acids is 3. The van der Waals surface area contributed by atoms with Crippen LogP contribution in [-0.2, 0) is 9.53 Å². The number of nitrogens with one attached hydrogen (secondary N) is 2. The van der Waals surface area contributed by atoms with E-state index >= 15 is 0 Å². The maximum atomic E-state index is 14.4. The number of hydrogen-bond acceptors (Lipinski definition) is 7. The van der Waals surface area contributed by atoms with Gasteiger partial charge < -0.3 is 39.9 Å². The molecule has 0 aliphatic carbocycles. The first-order valence-corrected chi connectivity index (χ1v) is 17.7. The van der Waals surface area contributed by atoms with Gasteiger partial charge in [0.1, 0.15) is 5.75 Å². The quantitative estimate of drug-likeness (QED) is 0.236. The lowest BCUT2D eigenvalue weighted by Crippen LogP contribution is -2.48. The van der Waals surface area contributed by atoms with E-state index in [1.807, 2.05) is 75.3 Å². The Balaban J connectivity index is 1.56. The minimum absolute atomic E-state index is 0.128. The van der Waals surface area contributed by atoms with Crippen molar-refractivity contribution in [2.75, 3.05) is 64.6 Å². The van der Waals surface area contributed by atoms with Crippen LogP contribution in [0, 0.1) is 5.92 Å². The SMILES string of the molecule is C[C@@H]1CCCCO[C@@H](CN(C)C(=O)Nc2cccc3ccccc23)[C@H](C)CN([C@H](C)CO)C(=O)c2cc(NC(=O)CCCN(C)C)ccc2O1. The lowest BCUT2D eigenvalue weighted by Gasteiger charge is -2.35. The molecule has 0 bridgehead atoms.